The first-order chi connectivity index (χ1) is 8.63. The minimum absolute atomic E-state index is 0.267. The fourth-order valence-electron chi connectivity index (χ4n) is 2.15. The highest BCUT2D eigenvalue weighted by atomic mass is 16.5. The summed E-state index contributed by atoms with van der Waals surface area (Å²) >= 11 is 0. The first-order valence-corrected chi connectivity index (χ1v) is 6.39. The monoisotopic (exact) mass is 258 g/mol. The Hall–Kier alpha value is -1.30. The van der Waals surface area contributed by atoms with E-state index in [0.717, 1.165) is 12.8 Å². The predicted molar refractivity (Wildman–Crippen MR) is 66.4 cm³/mol. The molecule has 3 N–H and O–H groups in total. The van der Waals surface area contributed by atoms with Crippen LogP contribution in [0, 0.1) is 5.92 Å². The van der Waals surface area contributed by atoms with Crippen molar-refractivity contribution in [3.63, 3.8) is 0 Å². The number of amides is 2. The molecule has 0 spiro atoms. The summed E-state index contributed by atoms with van der Waals surface area (Å²) in [6.45, 7) is 0.933. The molecule has 0 aromatic rings. The Bertz CT molecular complexity index is 277. The number of carboxylic acid groups (broad SMARTS) is 1. The summed E-state index contributed by atoms with van der Waals surface area (Å²) in [5.41, 5.74) is 0. The van der Waals surface area contributed by atoms with Crippen molar-refractivity contribution < 1.29 is 19.4 Å². The number of carboxylic acids is 1. The maximum atomic E-state index is 11.6. The molecule has 1 unspecified atom stereocenters. The van der Waals surface area contributed by atoms with Crippen LogP contribution in [0.2, 0.25) is 0 Å². The van der Waals surface area contributed by atoms with Crippen LogP contribution in [0.5, 0.6) is 0 Å². The van der Waals surface area contributed by atoms with Crippen molar-refractivity contribution in [2.24, 2.45) is 5.92 Å². The molecule has 0 aromatic carbocycles. The van der Waals surface area contributed by atoms with Crippen molar-refractivity contribution in [3.05, 3.63) is 0 Å². The molecule has 1 atom stereocenters. The second-order valence-electron chi connectivity index (χ2n) is 4.68. The van der Waals surface area contributed by atoms with Crippen molar-refractivity contribution in [2.75, 3.05) is 20.3 Å². The minimum Gasteiger partial charge on any atom is -0.480 e. The van der Waals surface area contributed by atoms with Gasteiger partial charge in [0.15, 0.2) is 0 Å². The SMILES string of the molecule is COCCC(NC(=O)NCC1CCCC1)C(=O)O. The van der Waals surface area contributed by atoms with Gasteiger partial charge >= 0.3 is 12.0 Å². The molecular weight excluding hydrogens is 236 g/mol. The standard InChI is InChI=1S/C12H22N2O4/c1-18-7-6-10(11(15)16)14-12(17)13-8-9-4-2-3-5-9/h9-10H,2-8H2,1H3,(H,15,16)(H2,13,14,17). The van der Waals surface area contributed by atoms with Crippen molar-refractivity contribution in [3.8, 4) is 0 Å². The molecule has 0 heterocycles. The molecule has 6 nitrogen and oxygen atoms in total. The third-order valence-electron chi connectivity index (χ3n) is 3.24. The van der Waals surface area contributed by atoms with Gasteiger partial charge in [0.2, 0.25) is 0 Å². The van der Waals surface area contributed by atoms with Crippen LogP contribution in [-0.2, 0) is 9.53 Å². The fraction of sp³-hybridized carbons (Fsp3) is 0.833. The Labute approximate surface area is 107 Å². The lowest BCUT2D eigenvalue weighted by Gasteiger charge is -2.16. The molecule has 1 fully saturated rings. The number of nitrogens with one attached hydrogen (secondary N) is 2. The van der Waals surface area contributed by atoms with Crippen LogP contribution in [0.15, 0.2) is 0 Å². The molecular formula is C12H22N2O4. The summed E-state index contributed by atoms with van der Waals surface area (Å²) in [5, 5.41) is 14.1. The molecule has 1 aliphatic rings. The molecule has 18 heavy (non-hydrogen) atoms. The zero-order valence-electron chi connectivity index (χ0n) is 10.8. The molecule has 1 rings (SSSR count). The quantitative estimate of drug-likeness (QED) is 0.635. The van der Waals surface area contributed by atoms with Gasteiger partial charge in [-0.05, 0) is 18.8 Å². The lowest BCUT2D eigenvalue weighted by Crippen LogP contribution is -2.47. The van der Waals surface area contributed by atoms with Gasteiger partial charge in [0.25, 0.3) is 0 Å². The van der Waals surface area contributed by atoms with Crippen LogP contribution in [0.25, 0.3) is 0 Å². The number of rotatable bonds is 7. The molecule has 1 saturated carbocycles. The van der Waals surface area contributed by atoms with Gasteiger partial charge in [-0.1, -0.05) is 12.8 Å². The lowest BCUT2D eigenvalue weighted by atomic mass is 10.1. The summed E-state index contributed by atoms with van der Waals surface area (Å²) in [6.07, 6.45) is 5.00. The summed E-state index contributed by atoms with van der Waals surface area (Å²) in [6, 6.07) is -1.31. The van der Waals surface area contributed by atoms with Gasteiger partial charge in [-0.15, -0.1) is 0 Å². The minimum atomic E-state index is -1.04. The average Bonchev–Trinajstić information content (AvgIpc) is 2.84. The van der Waals surface area contributed by atoms with Gasteiger partial charge < -0.3 is 20.5 Å². The predicted octanol–water partition coefficient (Wildman–Crippen LogP) is 0.965. The first-order valence-electron chi connectivity index (χ1n) is 6.39. The molecule has 1 aliphatic carbocycles. The average molecular weight is 258 g/mol. The highest BCUT2D eigenvalue weighted by Crippen LogP contribution is 2.23. The number of aliphatic carboxylic acids is 1. The summed E-state index contributed by atoms with van der Waals surface area (Å²) in [7, 11) is 1.50. The van der Waals surface area contributed by atoms with E-state index in [1.165, 1.54) is 20.0 Å². The van der Waals surface area contributed by atoms with Crippen LogP contribution < -0.4 is 10.6 Å². The third-order valence-corrected chi connectivity index (χ3v) is 3.24. The Morgan fingerprint density at radius 2 is 2.06 bits per heavy atom. The van der Waals surface area contributed by atoms with Gasteiger partial charge in [0.1, 0.15) is 6.04 Å². The van der Waals surface area contributed by atoms with Gasteiger partial charge in [-0.3, -0.25) is 0 Å². The van der Waals surface area contributed by atoms with Crippen LogP contribution in [0.4, 0.5) is 4.79 Å². The van der Waals surface area contributed by atoms with Gasteiger partial charge in [-0.25, -0.2) is 9.59 Å². The Morgan fingerprint density at radius 1 is 1.39 bits per heavy atom. The third kappa shape index (κ3) is 5.35. The van der Waals surface area contributed by atoms with E-state index in [1.54, 1.807) is 0 Å². The molecule has 6 heteroatoms. The Kier molecular flexibility index (Phi) is 6.49. The molecule has 0 bridgehead atoms. The molecule has 0 aromatic heterocycles. The Balaban J connectivity index is 2.24. The second kappa shape index (κ2) is 7.92. The van der Waals surface area contributed by atoms with Crippen molar-refractivity contribution in [1.29, 1.82) is 0 Å². The van der Waals surface area contributed by atoms with E-state index in [4.69, 9.17) is 9.84 Å². The molecule has 104 valence electrons. The molecule has 2 amide bonds. The van der Waals surface area contributed by atoms with Gasteiger partial charge in [0.05, 0.1) is 0 Å². The normalized spacial score (nSPS) is 17.4. The number of urea groups is 1. The van der Waals surface area contributed by atoms with Crippen LogP contribution in [-0.4, -0.2) is 43.4 Å². The van der Waals surface area contributed by atoms with E-state index in [-0.39, 0.29) is 6.42 Å². The maximum absolute atomic E-state index is 11.6. The summed E-state index contributed by atoms with van der Waals surface area (Å²) in [5.74, 6) is -0.499. The van der Waals surface area contributed by atoms with Gasteiger partial charge in [0, 0.05) is 26.7 Å². The number of methoxy groups -OCH3 is 1. The van der Waals surface area contributed by atoms with Crippen molar-refractivity contribution in [1.82, 2.24) is 10.6 Å². The summed E-state index contributed by atoms with van der Waals surface area (Å²) in [4.78, 5) is 22.5. The first kappa shape index (κ1) is 14.8. The van der Waals surface area contributed by atoms with Crippen molar-refractivity contribution >= 4 is 12.0 Å². The molecule has 0 radical (unpaired) electrons. The number of ether oxygens (including phenoxy) is 1. The second-order valence-corrected chi connectivity index (χ2v) is 4.68. The van der Waals surface area contributed by atoms with E-state index < -0.39 is 18.0 Å². The highest BCUT2D eigenvalue weighted by molar-refractivity contribution is 5.82. The maximum Gasteiger partial charge on any atom is 0.326 e. The highest BCUT2D eigenvalue weighted by Gasteiger charge is 2.20. The largest absolute Gasteiger partial charge is 0.480 e. The van der Waals surface area contributed by atoms with Crippen LogP contribution in [0.3, 0.4) is 0 Å². The topological polar surface area (TPSA) is 87.7 Å². The van der Waals surface area contributed by atoms with E-state index in [0.29, 0.717) is 19.1 Å². The smallest absolute Gasteiger partial charge is 0.326 e. The number of carbonyl (C=O) groups is 2. The van der Waals surface area contributed by atoms with Crippen molar-refractivity contribution in [2.45, 2.75) is 38.1 Å². The molecule has 0 aliphatic heterocycles. The number of hydrogen-bond donors (Lipinski definition) is 3. The fourth-order valence-corrected chi connectivity index (χ4v) is 2.15. The van der Waals surface area contributed by atoms with Crippen LogP contribution in [0.1, 0.15) is 32.1 Å². The molecule has 0 saturated heterocycles. The Morgan fingerprint density at radius 3 is 2.61 bits per heavy atom. The van der Waals surface area contributed by atoms with E-state index in [2.05, 4.69) is 10.6 Å². The van der Waals surface area contributed by atoms with E-state index >= 15 is 0 Å². The number of carbonyl (C=O) groups excluding carboxylic acids is 1. The van der Waals surface area contributed by atoms with Crippen LogP contribution >= 0.6 is 0 Å². The number of hydrogen-bond acceptors (Lipinski definition) is 3. The zero-order valence-corrected chi connectivity index (χ0v) is 10.8. The zero-order chi connectivity index (χ0) is 13.4. The lowest BCUT2D eigenvalue weighted by molar-refractivity contribution is -0.139. The van der Waals surface area contributed by atoms with Gasteiger partial charge in [-0.2, -0.15) is 0 Å². The summed E-state index contributed by atoms with van der Waals surface area (Å²) < 4.78 is 4.81. The van der Waals surface area contributed by atoms with E-state index in [1.807, 2.05) is 0 Å². The van der Waals surface area contributed by atoms with E-state index in [9.17, 15) is 9.59 Å².